The van der Waals surface area contributed by atoms with E-state index in [1.165, 1.54) is 11.1 Å². The normalized spacial score (nSPS) is 13.6. The van der Waals surface area contributed by atoms with E-state index >= 15 is 0 Å². The van der Waals surface area contributed by atoms with Gasteiger partial charge < -0.3 is 9.97 Å². The molecule has 0 aliphatic heterocycles. The maximum absolute atomic E-state index is 8.97. The van der Waals surface area contributed by atoms with Crippen molar-refractivity contribution >= 4 is 31.5 Å². The van der Waals surface area contributed by atoms with Gasteiger partial charge in [0, 0.05) is 48.6 Å². The molecule has 231 valence electrons. The van der Waals surface area contributed by atoms with Crippen LogP contribution in [0.15, 0.2) is 152 Å². The van der Waals surface area contributed by atoms with Crippen molar-refractivity contribution in [1.29, 1.82) is 0 Å². The predicted octanol–water partition coefficient (Wildman–Crippen LogP) is 11.6. The summed E-state index contributed by atoms with van der Waals surface area (Å²) in [6.45, 7) is -0.225. The molecular formula is C43H32IrN2S-2. The van der Waals surface area contributed by atoms with Crippen molar-refractivity contribution in [2.75, 3.05) is 0 Å². The molecule has 3 heterocycles. The molecule has 0 saturated carbocycles. The molecule has 0 spiro atoms. The van der Waals surface area contributed by atoms with Gasteiger partial charge in [-0.3, -0.25) is 0 Å². The smallest absolute Gasteiger partial charge is 0.0399 e. The number of nitrogens with zero attached hydrogens (tertiary/aromatic N) is 2. The number of rotatable bonds is 5. The summed E-state index contributed by atoms with van der Waals surface area (Å²) in [4.78, 5) is 8.90. The zero-order chi connectivity index (χ0) is 34.7. The fraction of sp³-hybridized carbons (Fsp3) is 0.0698. The van der Waals surface area contributed by atoms with Crippen LogP contribution in [-0.4, -0.2) is 9.97 Å². The Balaban J connectivity index is 0.000000200. The third kappa shape index (κ3) is 7.32. The van der Waals surface area contributed by atoms with Crippen molar-refractivity contribution in [2.24, 2.45) is 0 Å². The van der Waals surface area contributed by atoms with Crippen molar-refractivity contribution in [3.63, 3.8) is 0 Å². The third-order valence-electron chi connectivity index (χ3n) is 7.93. The number of pyridine rings is 2. The maximum Gasteiger partial charge on any atom is 0.0399 e. The molecule has 0 N–H and O–H groups in total. The van der Waals surface area contributed by atoms with Crippen molar-refractivity contribution in [2.45, 2.75) is 19.7 Å². The Morgan fingerprint density at radius 3 is 2.19 bits per heavy atom. The Morgan fingerprint density at radius 2 is 1.40 bits per heavy atom. The number of aromatic nitrogens is 2. The Hall–Kier alpha value is -4.73. The van der Waals surface area contributed by atoms with Gasteiger partial charge in [-0.2, -0.15) is 11.3 Å². The molecule has 3 aromatic heterocycles. The average molecular weight is 805 g/mol. The molecule has 1 atom stereocenters. The SMILES string of the molecule is [2H]C([2H])([2H])c1ccc2c(c1)sc1c[c-]c(-c3cc(C([2H])(C)c4ccccc4)ccn3)cc12.[Ir].[c-]1ccc(-c2ccccc2)cc1-c1ccccn1. The van der Waals surface area contributed by atoms with E-state index in [2.05, 4.69) is 52.4 Å². The molecule has 47 heavy (non-hydrogen) atoms. The van der Waals surface area contributed by atoms with Crippen LogP contribution in [0.1, 0.15) is 35.0 Å². The quantitative estimate of drug-likeness (QED) is 0.162. The number of benzene rings is 5. The number of hydrogen-bond donors (Lipinski definition) is 0. The second-order valence-corrected chi connectivity index (χ2v) is 12.0. The van der Waals surface area contributed by atoms with Gasteiger partial charge in [-0.1, -0.05) is 103 Å². The molecule has 0 fully saturated rings. The second-order valence-electron chi connectivity index (χ2n) is 10.9. The molecule has 1 unspecified atom stereocenters. The van der Waals surface area contributed by atoms with Crippen LogP contribution in [-0.2, 0) is 20.1 Å². The molecule has 5 aromatic carbocycles. The standard InChI is InChI=1S/C26H20NS.C17H12N.Ir/c1-17-8-10-22-23-15-21(9-11-25(23)28-26(22)14-17)24-16-20(12-13-27-24)18(2)19-6-4-3-5-7-19;1-2-7-14(8-3-1)15-9-6-10-16(13-15)17-11-4-5-12-18-17;/h3-8,10-16,18H,1-2H3;1-9,11-13H;/q2*-1;/i1D3,18D;;. The fourth-order valence-electron chi connectivity index (χ4n) is 5.48. The van der Waals surface area contributed by atoms with Gasteiger partial charge in [0.1, 0.15) is 0 Å². The van der Waals surface area contributed by atoms with Crippen LogP contribution in [0.2, 0.25) is 0 Å². The number of fused-ring (bicyclic) bond motifs is 3. The van der Waals surface area contributed by atoms with E-state index in [4.69, 9.17) is 5.48 Å². The average Bonchev–Trinajstić information content (AvgIpc) is 3.53. The summed E-state index contributed by atoms with van der Waals surface area (Å²) in [5.74, 6) is -0.899. The monoisotopic (exact) mass is 805 g/mol. The van der Waals surface area contributed by atoms with Crippen LogP contribution in [0.25, 0.3) is 53.8 Å². The Morgan fingerprint density at radius 1 is 0.638 bits per heavy atom. The van der Waals surface area contributed by atoms with E-state index in [0.29, 0.717) is 5.56 Å². The van der Waals surface area contributed by atoms with Crippen LogP contribution >= 0.6 is 11.3 Å². The minimum Gasteiger partial charge on any atom is -0.305 e. The maximum atomic E-state index is 8.97. The Kier molecular flexibility index (Phi) is 8.62. The van der Waals surface area contributed by atoms with Crippen molar-refractivity contribution in [3.05, 3.63) is 181 Å². The van der Waals surface area contributed by atoms with Crippen LogP contribution < -0.4 is 0 Å². The number of aryl methyl sites for hydroxylation is 1. The van der Waals surface area contributed by atoms with Gasteiger partial charge in [-0.15, -0.1) is 59.2 Å². The van der Waals surface area contributed by atoms with Crippen LogP contribution in [0.5, 0.6) is 0 Å². The molecule has 4 heteroatoms. The summed E-state index contributed by atoms with van der Waals surface area (Å²) in [5.41, 5.74) is 8.13. The summed E-state index contributed by atoms with van der Waals surface area (Å²) in [6, 6.07) is 51.9. The molecule has 0 saturated heterocycles. The van der Waals surface area contributed by atoms with Gasteiger partial charge in [-0.05, 0) is 68.8 Å². The number of thiophene rings is 1. The summed E-state index contributed by atoms with van der Waals surface area (Å²) >= 11 is 1.57. The molecule has 8 rings (SSSR count). The molecule has 0 aliphatic carbocycles. The molecule has 1 radical (unpaired) electrons. The summed E-state index contributed by atoms with van der Waals surface area (Å²) in [5, 5.41) is 2.08. The molecular weight excluding hydrogens is 769 g/mol. The third-order valence-corrected chi connectivity index (χ3v) is 9.05. The van der Waals surface area contributed by atoms with Gasteiger partial charge in [-0.25, -0.2) is 0 Å². The number of hydrogen-bond acceptors (Lipinski definition) is 3. The van der Waals surface area contributed by atoms with E-state index in [-0.39, 0.29) is 20.1 Å². The minimum absolute atomic E-state index is 0. The molecule has 8 aromatic rings. The Labute approximate surface area is 299 Å². The van der Waals surface area contributed by atoms with Crippen molar-refractivity contribution < 1.29 is 25.6 Å². The first-order valence-corrected chi connectivity index (χ1v) is 15.9. The first kappa shape index (κ1) is 27.4. The molecule has 0 aliphatic rings. The van der Waals surface area contributed by atoms with Crippen LogP contribution in [0.3, 0.4) is 0 Å². The first-order valence-electron chi connectivity index (χ1n) is 17.1. The zero-order valence-corrected chi connectivity index (χ0v) is 28.8. The predicted molar refractivity (Wildman–Crippen MR) is 194 cm³/mol. The molecule has 2 nitrogen and oxygen atoms in total. The van der Waals surface area contributed by atoms with Gasteiger partial charge in [0.2, 0.25) is 0 Å². The Bertz CT molecular complexity index is 2340. The minimum atomic E-state index is -2.12. The van der Waals surface area contributed by atoms with Crippen LogP contribution in [0, 0.1) is 19.0 Å². The van der Waals surface area contributed by atoms with Crippen molar-refractivity contribution in [1.82, 2.24) is 9.97 Å². The summed E-state index contributed by atoms with van der Waals surface area (Å²) in [6.07, 6.45) is 3.55. The van der Waals surface area contributed by atoms with E-state index in [1.54, 1.807) is 35.9 Å². The fourth-order valence-corrected chi connectivity index (χ4v) is 6.59. The largest absolute Gasteiger partial charge is 0.305 e. The summed E-state index contributed by atoms with van der Waals surface area (Å²) < 4.78 is 34.0. The topological polar surface area (TPSA) is 25.8 Å². The van der Waals surface area contributed by atoms with Crippen LogP contribution in [0.4, 0.5) is 0 Å². The first-order chi connectivity index (χ1) is 24.2. The molecule has 0 bridgehead atoms. The summed E-state index contributed by atoms with van der Waals surface area (Å²) in [7, 11) is 0. The molecule has 0 amide bonds. The zero-order valence-electron chi connectivity index (χ0n) is 29.6. The van der Waals surface area contributed by atoms with E-state index in [0.717, 1.165) is 53.8 Å². The van der Waals surface area contributed by atoms with Gasteiger partial charge in [0.25, 0.3) is 0 Å². The van der Waals surface area contributed by atoms with E-state index in [1.807, 2.05) is 104 Å². The van der Waals surface area contributed by atoms with E-state index < -0.39 is 12.7 Å². The van der Waals surface area contributed by atoms with Crippen molar-refractivity contribution in [3.8, 4) is 33.6 Å². The van der Waals surface area contributed by atoms with E-state index in [9.17, 15) is 0 Å². The van der Waals surface area contributed by atoms with Gasteiger partial charge >= 0.3 is 0 Å². The van der Waals surface area contributed by atoms with Gasteiger partial charge in [0.15, 0.2) is 0 Å². The van der Waals surface area contributed by atoms with Gasteiger partial charge in [0.05, 0.1) is 0 Å². The second kappa shape index (κ2) is 14.8.